The predicted molar refractivity (Wildman–Crippen MR) is 141 cm³/mol. The Morgan fingerprint density at radius 3 is 2.69 bits per heavy atom. The number of hydrogen-bond donors (Lipinski definition) is 2. The van der Waals surface area contributed by atoms with E-state index < -0.39 is 0 Å². The van der Waals surface area contributed by atoms with Crippen LogP contribution in [0, 0.1) is 0 Å². The zero-order chi connectivity index (χ0) is 21.3. The van der Waals surface area contributed by atoms with Gasteiger partial charge in [-0.15, -0.1) is 35.3 Å². The molecule has 1 unspecified atom stereocenters. The van der Waals surface area contributed by atoms with Gasteiger partial charge in [-0.2, -0.15) is 5.10 Å². The van der Waals surface area contributed by atoms with Gasteiger partial charge in [0.05, 0.1) is 37.7 Å². The molecule has 1 saturated heterocycles. The number of hydrogen-bond acceptors (Lipinski definition) is 5. The molecule has 0 spiro atoms. The molecule has 2 aromatic heterocycles. The lowest BCUT2D eigenvalue weighted by molar-refractivity contribution is 0.0177. The van der Waals surface area contributed by atoms with Crippen molar-refractivity contribution in [3.63, 3.8) is 0 Å². The van der Waals surface area contributed by atoms with Crippen LogP contribution in [0.25, 0.3) is 5.69 Å². The second kappa shape index (κ2) is 12.9. The van der Waals surface area contributed by atoms with Gasteiger partial charge in [0.1, 0.15) is 0 Å². The Hall–Kier alpha value is -1.95. The first-order chi connectivity index (χ1) is 15.3. The third-order valence-electron chi connectivity index (χ3n) is 5.24. The Morgan fingerprint density at radius 1 is 1.16 bits per heavy atom. The second-order valence-electron chi connectivity index (χ2n) is 7.38. The van der Waals surface area contributed by atoms with E-state index in [9.17, 15) is 0 Å². The smallest absolute Gasteiger partial charge is 0.191 e. The number of nitrogens with zero attached hydrogens (tertiary/aromatic N) is 4. The first kappa shape index (κ1) is 24.7. The van der Waals surface area contributed by atoms with Crippen molar-refractivity contribution >= 4 is 41.3 Å². The maximum absolute atomic E-state index is 5.55. The maximum atomic E-state index is 5.55. The van der Waals surface area contributed by atoms with Crippen molar-refractivity contribution in [3.8, 4) is 5.69 Å². The van der Waals surface area contributed by atoms with Gasteiger partial charge in [0, 0.05) is 42.8 Å². The molecule has 2 N–H and O–H groups in total. The van der Waals surface area contributed by atoms with Gasteiger partial charge in [-0.25, -0.2) is 9.67 Å². The van der Waals surface area contributed by atoms with Gasteiger partial charge in [0.25, 0.3) is 0 Å². The van der Waals surface area contributed by atoms with E-state index in [1.807, 2.05) is 47.4 Å². The van der Waals surface area contributed by atoms with Crippen LogP contribution in [-0.2, 0) is 11.3 Å². The summed E-state index contributed by atoms with van der Waals surface area (Å²) in [5.41, 5.74) is 2.12. The number of aliphatic imine (C=N–C) groups is 1. The highest BCUT2D eigenvalue weighted by Gasteiger charge is 2.23. The van der Waals surface area contributed by atoms with Crippen LogP contribution in [0.3, 0.4) is 0 Å². The fraction of sp³-hybridized carbons (Fsp3) is 0.391. The van der Waals surface area contributed by atoms with Crippen molar-refractivity contribution in [3.05, 3.63) is 70.7 Å². The molecule has 0 radical (unpaired) electrons. The van der Waals surface area contributed by atoms with Crippen molar-refractivity contribution in [1.82, 2.24) is 25.3 Å². The number of morpholine rings is 1. The third-order valence-corrected chi connectivity index (χ3v) is 6.22. The Balaban J connectivity index is 0.00000289. The molecule has 0 saturated carbocycles. The molecule has 1 aromatic carbocycles. The number of aromatic nitrogens is 2. The SMILES string of the molecule is CCNC(=NCc1cnn(-c2ccccc2)c1)NCC(c1cccs1)N1CCOCC1.I. The molecule has 7 nitrogen and oxygen atoms in total. The summed E-state index contributed by atoms with van der Waals surface area (Å²) in [5, 5.41) is 13.5. The highest BCUT2D eigenvalue weighted by Crippen LogP contribution is 2.25. The molecule has 1 atom stereocenters. The van der Waals surface area contributed by atoms with Gasteiger partial charge in [0.2, 0.25) is 0 Å². The molecule has 0 bridgehead atoms. The van der Waals surface area contributed by atoms with Crippen LogP contribution in [0.2, 0.25) is 0 Å². The highest BCUT2D eigenvalue weighted by molar-refractivity contribution is 14.0. The summed E-state index contributed by atoms with van der Waals surface area (Å²) in [6, 6.07) is 14.8. The van der Waals surface area contributed by atoms with Crippen molar-refractivity contribution in [2.75, 3.05) is 39.4 Å². The minimum atomic E-state index is 0. The van der Waals surface area contributed by atoms with Crippen LogP contribution in [-0.4, -0.2) is 60.0 Å². The molecular formula is C23H31IN6OS. The molecule has 32 heavy (non-hydrogen) atoms. The first-order valence-electron chi connectivity index (χ1n) is 10.8. The average Bonchev–Trinajstić information content (AvgIpc) is 3.52. The number of halogens is 1. The van der Waals surface area contributed by atoms with E-state index in [4.69, 9.17) is 9.73 Å². The fourth-order valence-electron chi connectivity index (χ4n) is 3.65. The van der Waals surface area contributed by atoms with Crippen molar-refractivity contribution < 1.29 is 4.74 Å². The van der Waals surface area contributed by atoms with E-state index in [0.717, 1.165) is 56.6 Å². The Kier molecular flexibility index (Phi) is 9.97. The standard InChI is InChI=1S/C23H30N6OS.HI/c1-2-24-23(25-15-19-16-27-29(18-19)20-7-4-3-5-8-20)26-17-21(22-9-6-14-31-22)28-10-12-30-13-11-28;/h3-9,14,16,18,21H,2,10-13,15,17H2,1H3,(H2,24,25,26);1H. The molecule has 1 aliphatic heterocycles. The van der Waals surface area contributed by atoms with Crippen LogP contribution in [0.5, 0.6) is 0 Å². The maximum Gasteiger partial charge on any atom is 0.191 e. The lowest BCUT2D eigenvalue weighted by Gasteiger charge is -2.34. The summed E-state index contributed by atoms with van der Waals surface area (Å²) >= 11 is 1.81. The van der Waals surface area contributed by atoms with Gasteiger partial charge in [-0.05, 0) is 30.5 Å². The number of ether oxygens (including phenoxy) is 1. The lowest BCUT2D eigenvalue weighted by Crippen LogP contribution is -2.46. The molecule has 4 rings (SSSR count). The van der Waals surface area contributed by atoms with E-state index >= 15 is 0 Å². The van der Waals surface area contributed by atoms with E-state index in [1.54, 1.807) is 11.3 Å². The zero-order valence-corrected chi connectivity index (χ0v) is 21.5. The first-order valence-corrected chi connectivity index (χ1v) is 11.7. The summed E-state index contributed by atoms with van der Waals surface area (Å²) in [5.74, 6) is 0.824. The van der Waals surface area contributed by atoms with Crippen molar-refractivity contribution in [1.29, 1.82) is 0 Å². The molecule has 0 aliphatic carbocycles. The van der Waals surface area contributed by atoms with Crippen LogP contribution in [0.15, 0.2) is 65.2 Å². The van der Waals surface area contributed by atoms with Crippen molar-refractivity contribution in [2.45, 2.75) is 19.5 Å². The molecular weight excluding hydrogens is 535 g/mol. The zero-order valence-electron chi connectivity index (χ0n) is 18.3. The Morgan fingerprint density at radius 2 is 1.97 bits per heavy atom. The van der Waals surface area contributed by atoms with Crippen LogP contribution < -0.4 is 10.6 Å². The van der Waals surface area contributed by atoms with Gasteiger partial charge < -0.3 is 15.4 Å². The Labute approximate surface area is 210 Å². The lowest BCUT2D eigenvalue weighted by atomic mass is 10.2. The van der Waals surface area contributed by atoms with E-state index in [2.05, 4.69) is 45.1 Å². The molecule has 1 aliphatic rings. The topological polar surface area (TPSA) is 66.7 Å². The number of rotatable bonds is 8. The van der Waals surface area contributed by atoms with Crippen LogP contribution in [0.4, 0.5) is 0 Å². The van der Waals surface area contributed by atoms with Gasteiger partial charge in [0.15, 0.2) is 5.96 Å². The van der Waals surface area contributed by atoms with E-state index in [0.29, 0.717) is 12.6 Å². The quantitative estimate of drug-likeness (QED) is 0.248. The molecule has 3 aromatic rings. The Bertz CT molecular complexity index is 941. The number of nitrogens with one attached hydrogen (secondary N) is 2. The fourth-order valence-corrected chi connectivity index (χ4v) is 4.51. The third kappa shape index (κ3) is 6.77. The highest BCUT2D eigenvalue weighted by atomic mass is 127. The van der Waals surface area contributed by atoms with E-state index in [1.165, 1.54) is 4.88 Å². The second-order valence-corrected chi connectivity index (χ2v) is 8.36. The number of thiophene rings is 1. The van der Waals surface area contributed by atoms with Gasteiger partial charge >= 0.3 is 0 Å². The molecule has 1 fully saturated rings. The largest absolute Gasteiger partial charge is 0.379 e. The number of guanidine groups is 1. The molecule has 9 heteroatoms. The van der Waals surface area contributed by atoms with Gasteiger partial charge in [-0.3, -0.25) is 4.90 Å². The summed E-state index contributed by atoms with van der Waals surface area (Å²) in [4.78, 5) is 8.66. The summed E-state index contributed by atoms with van der Waals surface area (Å²) in [6.07, 6.45) is 3.91. The molecule has 172 valence electrons. The number of benzene rings is 1. The summed E-state index contributed by atoms with van der Waals surface area (Å²) in [7, 11) is 0. The minimum absolute atomic E-state index is 0. The van der Waals surface area contributed by atoms with Crippen LogP contribution in [0.1, 0.15) is 23.4 Å². The molecule has 3 heterocycles. The van der Waals surface area contributed by atoms with Crippen molar-refractivity contribution in [2.24, 2.45) is 4.99 Å². The minimum Gasteiger partial charge on any atom is -0.379 e. The van der Waals surface area contributed by atoms with Gasteiger partial charge in [-0.1, -0.05) is 24.3 Å². The summed E-state index contributed by atoms with van der Waals surface area (Å²) < 4.78 is 7.44. The van der Waals surface area contributed by atoms with E-state index in [-0.39, 0.29) is 24.0 Å². The monoisotopic (exact) mass is 566 g/mol. The normalized spacial score (nSPS) is 15.7. The summed E-state index contributed by atoms with van der Waals surface area (Å²) in [6.45, 7) is 7.77. The predicted octanol–water partition coefficient (Wildman–Crippen LogP) is 3.68. The molecule has 0 amide bonds. The number of para-hydroxylation sites is 1. The van der Waals surface area contributed by atoms with Crippen LogP contribution >= 0.6 is 35.3 Å². The average molecular weight is 567 g/mol.